The molecule has 3 saturated heterocycles. The fourth-order valence-corrected chi connectivity index (χ4v) is 5.74. The highest BCUT2D eigenvalue weighted by Gasteiger charge is 2.63. The number of nitrogens with zero attached hydrogens (tertiary/aromatic N) is 5. The van der Waals surface area contributed by atoms with Gasteiger partial charge < -0.3 is 20.1 Å². The Hall–Kier alpha value is -2.66. The molecule has 2 aromatic rings. The number of carbonyl (C=O) groups excluding carboxylic acids is 1. The third-order valence-electron chi connectivity index (χ3n) is 6.33. The van der Waals surface area contributed by atoms with Crippen LogP contribution < -0.4 is 10.2 Å². The lowest BCUT2D eigenvalue weighted by Gasteiger charge is -2.29. The first-order valence-corrected chi connectivity index (χ1v) is 11.2. The normalized spacial score (nSPS) is 28.0. The van der Waals surface area contributed by atoms with Crippen LogP contribution in [-0.2, 0) is 20.7 Å². The van der Waals surface area contributed by atoms with Crippen molar-refractivity contribution in [1.29, 1.82) is 0 Å². The molecule has 5 heterocycles. The Balaban J connectivity index is 0.000000730. The second-order valence-electron chi connectivity index (χ2n) is 8.12. The Bertz CT molecular complexity index is 912. The lowest BCUT2D eigenvalue weighted by Crippen LogP contribution is -2.41. The first-order chi connectivity index (χ1) is 15.0. The van der Waals surface area contributed by atoms with Crippen LogP contribution in [0.5, 0.6) is 0 Å². The number of hydrogen-bond acceptors (Lipinski definition) is 9. The maximum atomic E-state index is 12.3. The van der Waals surface area contributed by atoms with Crippen LogP contribution in [0.1, 0.15) is 30.0 Å². The van der Waals surface area contributed by atoms with Gasteiger partial charge >= 0.3 is 0 Å². The zero-order valence-electron chi connectivity index (χ0n) is 17.3. The number of carboxylic acid groups (broad SMARTS) is 1. The van der Waals surface area contributed by atoms with Crippen molar-refractivity contribution in [3.05, 3.63) is 29.3 Å². The molecular formula is C20H26N6O4S. The number of ether oxygens (including phenoxy) is 1. The summed E-state index contributed by atoms with van der Waals surface area (Å²) < 4.78 is 6.46. The monoisotopic (exact) mass is 446 g/mol. The number of carbonyl (C=O) groups is 2. The van der Waals surface area contributed by atoms with E-state index < -0.39 is 0 Å². The number of amides is 1. The second kappa shape index (κ2) is 9.23. The predicted molar refractivity (Wildman–Crippen MR) is 113 cm³/mol. The fraction of sp³-hybridized carbons (Fsp3) is 0.600. The topological polar surface area (TPSA) is 130 Å². The summed E-state index contributed by atoms with van der Waals surface area (Å²) in [6.45, 7) is 4.24. The molecule has 1 spiro atoms. The van der Waals surface area contributed by atoms with Gasteiger partial charge in [-0.25, -0.2) is 0 Å². The number of aryl methyl sites for hydroxylation is 2. The van der Waals surface area contributed by atoms with E-state index in [2.05, 4.69) is 30.4 Å². The average molecular weight is 447 g/mol. The molecule has 3 fully saturated rings. The van der Waals surface area contributed by atoms with Crippen molar-refractivity contribution in [2.24, 2.45) is 11.8 Å². The van der Waals surface area contributed by atoms with Gasteiger partial charge in [0.2, 0.25) is 11.0 Å². The molecule has 2 bridgehead atoms. The molecule has 3 aliphatic heterocycles. The van der Waals surface area contributed by atoms with Gasteiger partial charge in [0.25, 0.3) is 6.47 Å². The highest BCUT2D eigenvalue weighted by Crippen LogP contribution is 2.55. The smallest absolute Gasteiger partial charge is 0.290 e. The van der Waals surface area contributed by atoms with Crippen molar-refractivity contribution in [3.8, 4) is 0 Å². The van der Waals surface area contributed by atoms with Gasteiger partial charge in [0, 0.05) is 56.5 Å². The van der Waals surface area contributed by atoms with Gasteiger partial charge in [0.05, 0.1) is 17.4 Å². The fourth-order valence-electron chi connectivity index (χ4n) is 5.04. The molecule has 3 aliphatic rings. The number of anilines is 1. The quantitative estimate of drug-likeness (QED) is 0.626. The third kappa shape index (κ3) is 4.52. The number of fused-ring (bicyclic) bond motifs is 1. The Morgan fingerprint density at radius 2 is 2.29 bits per heavy atom. The van der Waals surface area contributed by atoms with Gasteiger partial charge in [-0.05, 0) is 26.2 Å². The molecule has 0 aliphatic carbocycles. The van der Waals surface area contributed by atoms with Crippen molar-refractivity contribution >= 4 is 28.8 Å². The van der Waals surface area contributed by atoms with E-state index in [-0.39, 0.29) is 24.1 Å². The molecule has 11 heteroatoms. The summed E-state index contributed by atoms with van der Waals surface area (Å²) in [5.41, 5.74) is 0.776. The lowest BCUT2D eigenvalue weighted by molar-refractivity contribution is -0.123. The Morgan fingerprint density at radius 3 is 3.00 bits per heavy atom. The zero-order valence-corrected chi connectivity index (χ0v) is 18.1. The summed E-state index contributed by atoms with van der Waals surface area (Å²) in [4.78, 5) is 31.3. The van der Waals surface area contributed by atoms with Crippen LogP contribution in [0, 0.1) is 18.8 Å². The van der Waals surface area contributed by atoms with Crippen LogP contribution in [0.15, 0.2) is 18.6 Å². The van der Waals surface area contributed by atoms with E-state index in [0.717, 1.165) is 41.8 Å². The van der Waals surface area contributed by atoms with Crippen molar-refractivity contribution < 1.29 is 19.4 Å². The Morgan fingerprint density at radius 1 is 1.45 bits per heavy atom. The van der Waals surface area contributed by atoms with E-state index in [9.17, 15) is 4.79 Å². The molecule has 10 nitrogen and oxygen atoms in total. The lowest BCUT2D eigenvalue weighted by atomic mass is 9.73. The van der Waals surface area contributed by atoms with E-state index >= 15 is 0 Å². The van der Waals surface area contributed by atoms with Gasteiger partial charge in [-0.2, -0.15) is 0 Å². The number of nitrogens with one attached hydrogen (secondary N) is 1. The Kier molecular flexibility index (Phi) is 6.42. The molecule has 5 rings (SSSR count). The molecule has 2 aromatic heterocycles. The van der Waals surface area contributed by atoms with Crippen LogP contribution in [0.2, 0.25) is 0 Å². The minimum absolute atomic E-state index is 0.0667. The number of rotatable bonds is 6. The Labute approximate surface area is 184 Å². The summed E-state index contributed by atoms with van der Waals surface area (Å²) >= 11 is 1.64. The van der Waals surface area contributed by atoms with E-state index in [1.54, 1.807) is 29.9 Å². The summed E-state index contributed by atoms with van der Waals surface area (Å²) in [5.74, 6) is 0.876. The number of aromatic nitrogens is 4. The zero-order chi connectivity index (χ0) is 21.8. The standard InChI is InChI=1S/C19H24N6O2S.CH2O2/c1-12-23-24-18(28-12)25-10-15-14(16-4-5-19(15,11-25)27-16)9-22-17(26)3-2-13-8-20-6-7-21-13;2-1-3/h6-8,14-16H,2-5,9-11H2,1H3,(H,22,26);1H,(H,2,3)/t14-,15+,16+,19+;/m0./s1. The molecule has 2 N–H and O–H groups in total. The first-order valence-electron chi connectivity index (χ1n) is 10.4. The predicted octanol–water partition coefficient (Wildman–Crippen LogP) is 1.07. The molecule has 31 heavy (non-hydrogen) atoms. The van der Waals surface area contributed by atoms with Gasteiger partial charge in [0.1, 0.15) is 5.01 Å². The maximum Gasteiger partial charge on any atom is 0.290 e. The summed E-state index contributed by atoms with van der Waals surface area (Å²) in [6, 6.07) is 0. The molecule has 0 radical (unpaired) electrons. The molecule has 0 unspecified atom stereocenters. The van der Waals surface area contributed by atoms with Crippen molar-refractivity contribution in [3.63, 3.8) is 0 Å². The largest absolute Gasteiger partial charge is 0.483 e. The van der Waals surface area contributed by atoms with Gasteiger partial charge in [-0.3, -0.25) is 19.6 Å². The minimum atomic E-state index is -0.250. The summed E-state index contributed by atoms with van der Waals surface area (Å²) in [7, 11) is 0. The van der Waals surface area contributed by atoms with Crippen LogP contribution in [-0.4, -0.2) is 69.0 Å². The molecule has 4 atom stereocenters. The highest BCUT2D eigenvalue weighted by molar-refractivity contribution is 7.15. The van der Waals surface area contributed by atoms with Crippen molar-refractivity contribution in [2.75, 3.05) is 24.5 Å². The summed E-state index contributed by atoms with van der Waals surface area (Å²) in [6.07, 6.45) is 8.51. The van der Waals surface area contributed by atoms with Crippen LogP contribution in [0.4, 0.5) is 5.13 Å². The van der Waals surface area contributed by atoms with Gasteiger partial charge in [0.15, 0.2) is 0 Å². The van der Waals surface area contributed by atoms with Crippen LogP contribution >= 0.6 is 11.3 Å². The SMILES string of the molecule is Cc1nnc(N2C[C@@H]3[C@H](CNC(=O)CCc4cnccn4)[C@H]4CC[C@]3(C2)O4)s1.O=CO. The maximum absolute atomic E-state index is 12.3. The van der Waals surface area contributed by atoms with Crippen molar-refractivity contribution in [1.82, 2.24) is 25.5 Å². The van der Waals surface area contributed by atoms with Crippen LogP contribution in [0.3, 0.4) is 0 Å². The number of hydrogen-bond donors (Lipinski definition) is 2. The molecule has 0 saturated carbocycles. The van der Waals surface area contributed by atoms with E-state index in [4.69, 9.17) is 14.6 Å². The molecule has 166 valence electrons. The van der Waals surface area contributed by atoms with Gasteiger partial charge in [-0.15, -0.1) is 10.2 Å². The first kappa shape index (κ1) is 21.6. The highest BCUT2D eigenvalue weighted by atomic mass is 32.1. The minimum Gasteiger partial charge on any atom is -0.483 e. The molecule has 1 amide bonds. The molecule has 0 aromatic carbocycles. The van der Waals surface area contributed by atoms with E-state index in [1.807, 2.05) is 6.92 Å². The van der Waals surface area contributed by atoms with E-state index in [1.165, 1.54) is 0 Å². The summed E-state index contributed by atoms with van der Waals surface area (Å²) in [5, 5.41) is 20.5. The second-order valence-corrected chi connectivity index (χ2v) is 9.28. The van der Waals surface area contributed by atoms with Crippen LogP contribution in [0.25, 0.3) is 0 Å². The third-order valence-corrected chi connectivity index (χ3v) is 7.23. The van der Waals surface area contributed by atoms with Gasteiger partial charge in [-0.1, -0.05) is 11.3 Å². The van der Waals surface area contributed by atoms with E-state index in [0.29, 0.717) is 31.2 Å². The molecular weight excluding hydrogens is 420 g/mol. The van der Waals surface area contributed by atoms with Crippen molar-refractivity contribution in [2.45, 2.75) is 44.3 Å². The average Bonchev–Trinajstić information content (AvgIpc) is 3.52.